The van der Waals surface area contributed by atoms with Gasteiger partial charge in [0, 0.05) is 32.2 Å². The van der Waals surface area contributed by atoms with E-state index in [2.05, 4.69) is 11.9 Å². The first-order valence-electron chi connectivity index (χ1n) is 7.04. The van der Waals surface area contributed by atoms with Crippen molar-refractivity contribution in [2.24, 2.45) is 0 Å². The number of aliphatic carboxylic acids is 1. The maximum Gasteiger partial charge on any atom is 0.320 e. The van der Waals surface area contributed by atoms with Crippen molar-refractivity contribution in [3.63, 3.8) is 0 Å². The van der Waals surface area contributed by atoms with E-state index in [1.807, 2.05) is 4.90 Å². The van der Waals surface area contributed by atoms with Crippen LogP contribution in [0.3, 0.4) is 0 Å². The number of carbonyl (C=O) groups excluding carboxylic acids is 1. The second kappa shape index (κ2) is 6.23. The average Bonchev–Trinajstić information content (AvgIpc) is 3.17. The SMILES string of the molecule is CN1CCCN(C(=O)N(CCC(=O)O)C2CC2)CC1. The fraction of sp³-hybridized carbons (Fsp3) is 0.846. The highest BCUT2D eigenvalue weighted by Gasteiger charge is 2.35. The van der Waals surface area contributed by atoms with Crippen molar-refractivity contribution in [2.45, 2.75) is 31.7 Å². The Morgan fingerprint density at radius 2 is 1.95 bits per heavy atom. The summed E-state index contributed by atoms with van der Waals surface area (Å²) in [5, 5.41) is 8.78. The van der Waals surface area contributed by atoms with Gasteiger partial charge in [0.25, 0.3) is 0 Å². The molecule has 1 saturated heterocycles. The smallest absolute Gasteiger partial charge is 0.320 e. The van der Waals surface area contributed by atoms with Crippen molar-refractivity contribution in [1.29, 1.82) is 0 Å². The van der Waals surface area contributed by atoms with Gasteiger partial charge in [0.1, 0.15) is 0 Å². The van der Waals surface area contributed by atoms with Gasteiger partial charge in [-0.05, 0) is 32.9 Å². The van der Waals surface area contributed by atoms with Gasteiger partial charge in [-0.2, -0.15) is 0 Å². The lowest BCUT2D eigenvalue weighted by Gasteiger charge is -2.29. The molecule has 0 aromatic heterocycles. The molecule has 1 saturated carbocycles. The molecule has 0 unspecified atom stereocenters. The molecule has 1 heterocycles. The number of carboxylic acid groups (broad SMARTS) is 1. The number of hydrogen-bond donors (Lipinski definition) is 1. The maximum atomic E-state index is 12.5. The van der Waals surface area contributed by atoms with Gasteiger partial charge in [0.15, 0.2) is 0 Å². The van der Waals surface area contributed by atoms with E-state index in [1.54, 1.807) is 4.90 Å². The molecule has 0 bridgehead atoms. The number of carboxylic acids is 1. The number of likely N-dealkylation sites (N-methyl/N-ethyl adjacent to an activating group) is 1. The minimum atomic E-state index is -0.839. The van der Waals surface area contributed by atoms with Crippen LogP contribution in [0.15, 0.2) is 0 Å². The zero-order valence-electron chi connectivity index (χ0n) is 11.5. The normalized spacial score (nSPS) is 21.0. The molecule has 0 spiro atoms. The van der Waals surface area contributed by atoms with E-state index < -0.39 is 5.97 Å². The Balaban J connectivity index is 1.92. The highest BCUT2D eigenvalue weighted by molar-refractivity contribution is 5.76. The summed E-state index contributed by atoms with van der Waals surface area (Å²) in [6.45, 7) is 3.77. The molecule has 0 aromatic rings. The van der Waals surface area contributed by atoms with Gasteiger partial charge in [-0.15, -0.1) is 0 Å². The molecule has 0 radical (unpaired) electrons. The molecule has 1 N–H and O–H groups in total. The van der Waals surface area contributed by atoms with E-state index in [9.17, 15) is 9.59 Å². The van der Waals surface area contributed by atoms with Crippen molar-refractivity contribution >= 4 is 12.0 Å². The van der Waals surface area contributed by atoms with Crippen LogP contribution in [-0.2, 0) is 4.79 Å². The quantitative estimate of drug-likeness (QED) is 0.815. The van der Waals surface area contributed by atoms with Crippen LogP contribution in [0.5, 0.6) is 0 Å². The summed E-state index contributed by atoms with van der Waals surface area (Å²) in [4.78, 5) is 29.0. The van der Waals surface area contributed by atoms with E-state index in [4.69, 9.17) is 5.11 Å². The molecular weight excluding hydrogens is 246 g/mol. The van der Waals surface area contributed by atoms with Gasteiger partial charge in [0.2, 0.25) is 0 Å². The largest absolute Gasteiger partial charge is 0.481 e. The van der Waals surface area contributed by atoms with Crippen LogP contribution in [-0.4, -0.2) is 77.6 Å². The Labute approximate surface area is 114 Å². The summed E-state index contributed by atoms with van der Waals surface area (Å²) in [6.07, 6.45) is 3.05. The molecule has 6 heteroatoms. The van der Waals surface area contributed by atoms with E-state index in [-0.39, 0.29) is 18.5 Å². The molecule has 2 rings (SSSR count). The number of hydrogen-bond acceptors (Lipinski definition) is 3. The van der Waals surface area contributed by atoms with Crippen LogP contribution in [0.4, 0.5) is 4.79 Å². The van der Waals surface area contributed by atoms with Gasteiger partial charge < -0.3 is 19.8 Å². The third-order valence-electron chi connectivity index (χ3n) is 3.79. The van der Waals surface area contributed by atoms with Crippen LogP contribution >= 0.6 is 0 Å². The summed E-state index contributed by atoms with van der Waals surface area (Å²) in [5.41, 5.74) is 0. The summed E-state index contributed by atoms with van der Waals surface area (Å²) in [6, 6.07) is 0.298. The van der Waals surface area contributed by atoms with Crippen molar-refractivity contribution in [3.05, 3.63) is 0 Å². The molecule has 0 atom stereocenters. The first-order chi connectivity index (χ1) is 9.08. The first-order valence-corrected chi connectivity index (χ1v) is 7.04. The Kier molecular flexibility index (Phi) is 4.63. The Morgan fingerprint density at radius 3 is 2.58 bits per heavy atom. The van der Waals surface area contributed by atoms with Gasteiger partial charge in [-0.3, -0.25) is 4.79 Å². The molecule has 2 amide bonds. The fourth-order valence-electron chi connectivity index (χ4n) is 2.46. The van der Waals surface area contributed by atoms with Crippen molar-refractivity contribution in [1.82, 2.24) is 14.7 Å². The Morgan fingerprint density at radius 1 is 1.21 bits per heavy atom. The molecule has 2 aliphatic rings. The van der Waals surface area contributed by atoms with Crippen LogP contribution in [0.1, 0.15) is 25.7 Å². The van der Waals surface area contributed by atoms with Crippen LogP contribution in [0, 0.1) is 0 Å². The molecule has 108 valence electrons. The first kappa shape index (κ1) is 14.1. The van der Waals surface area contributed by atoms with E-state index in [1.165, 1.54) is 0 Å². The summed E-state index contributed by atoms with van der Waals surface area (Å²) in [5.74, 6) is -0.839. The molecule has 6 nitrogen and oxygen atoms in total. The average molecular weight is 269 g/mol. The standard InChI is InChI=1S/C13H23N3O3/c1-14-6-2-7-15(10-9-14)13(19)16(11-3-4-11)8-5-12(17)18/h11H,2-10H2,1H3,(H,17,18). The Hall–Kier alpha value is -1.30. The monoisotopic (exact) mass is 269 g/mol. The lowest BCUT2D eigenvalue weighted by Crippen LogP contribution is -2.46. The van der Waals surface area contributed by atoms with Gasteiger partial charge in [-0.1, -0.05) is 0 Å². The van der Waals surface area contributed by atoms with E-state index in [0.717, 1.165) is 45.4 Å². The lowest BCUT2D eigenvalue weighted by molar-refractivity contribution is -0.137. The molecule has 1 aliphatic heterocycles. The third-order valence-corrected chi connectivity index (χ3v) is 3.79. The second-order valence-corrected chi connectivity index (χ2v) is 5.49. The predicted octanol–water partition coefficient (Wildman–Crippen LogP) is 0.683. The molecular formula is C13H23N3O3. The van der Waals surface area contributed by atoms with Gasteiger partial charge in [0.05, 0.1) is 6.42 Å². The molecule has 0 aromatic carbocycles. The van der Waals surface area contributed by atoms with Crippen LogP contribution in [0.2, 0.25) is 0 Å². The van der Waals surface area contributed by atoms with Gasteiger partial charge >= 0.3 is 12.0 Å². The number of carbonyl (C=O) groups is 2. The van der Waals surface area contributed by atoms with Crippen molar-refractivity contribution in [3.8, 4) is 0 Å². The highest BCUT2D eigenvalue weighted by Crippen LogP contribution is 2.28. The zero-order chi connectivity index (χ0) is 13.8. The number of amides is 2. The minimum Gasteiger partial charge on any atom is -0.481 e. The number of rotatable bonds is 4. The summed E-state index contributed by atoms with van der Waals surface area (Å²) in [7, 11) is 2.07. The minimum absolute atomic E-state index is 0.0269. The zero-order valence-corrected chi connectivity index (χ0v) is 11.5. The number of nitrogens with zero attached hydrogens (tertiary/aromatic N) is 3. The summed E-state index contributed by atoms with van der Waals surface area (Å²) >= 11 is 0. The molecule has 19 heavy (non-hydrogen) atoms. The van der Waals surface area contributed by atoms with Crippen molar-refractivity contribution < 1.29 is 14.7 Å². The van der Waals surface area contributed by atoms with E-state index >= 15 is 0 Å². The van der Waals surface area contributed by atoms with Crippen molar-refractivity contribution in [2.75, 3.05) is 39.8 Å². The second-order valence-electron chi connectivity index (χ2n) is 5.49. The third kappa shape index (κ3) is 4.09. The highest BCUT2D eigenvalue weighted by atomic mass is 16.4. The van der Waals surface area contributed by atoms with Gasteiger partial charge in [-0.25, -0.2) is 4.79 Å². The number of urea groups is 1. The topological polar surface area (TPSA) is 64.1 Å². The molecule has 2 fully saturated rings. The molecule has 1 aliphatic carbocycles. The maximum absolute atomic E-state index is 12.5. The van der Waals surface area contributed by atoms with Crippen LogP contribution in [0.25, 0.3) is 0 Å². The van der Waals surface area contributed by atoms with E-state index in [0.29, 0.717) is 6.54 Å². The Bertz CT molecular complexity index is 344. The summed E-state index contributed by atoms with van der Waals surface area (Å²) < 4.78 is 0. The lowest BCUT2D eigenvalue weighted by atomic mass is 10.3. The predicted molar refractivity (Wildman–Crippen MR) is 71.1 cm³/mol. The van der Waals surface area contributed by atoms with Crippen LogP contribution < -0.4 is 0 Å². The fourth-order valence-corrected chi connectivity index (χ4v) is 2.46.